The maximum absolute atomic E-state index is 12.3. The van der Waals surface area contributed by atoms with Crippen LogP contribution in [0.3, 0.4) is 0 Å². The van der Waals surface area contributed by atoms with Crippen molar-refractivity contribution in [3.63, 3.8) is 0 Å². The molecule has 1 atom stereocenters. The number of nitrogens with zero attached hydrogens (tertiary/aromatic N) is 3. The van der Waals surface area contributed by atoms with Crippen LogP contribution >= 0.6 is 12.4 Å². The highest BCUT2D eigenvalue weighted by atomic mass is 35.5. The fourth-order valence-corrected chi connectivity index (χ4v) is 2.99. The van der Waals surface area contributed by atoms with Crippen molar-refractivity contribution in [1.29, 1.82) is 0 Å². The van der Waals surface area contributed by atoms with Gasteiger partial charge in [0.05, 0.1) is 7.11 Å². The third-order valence-electron chi connectivity index (χ3n) is 4.19. The molecule has 1 aromatic carbocycles. The molecule has 5 nitrogen and oxygen atoms in total. The van der Waals surface area contributed by atoms with Gasteiger partial charge >= 0.3 is 5.97 Å². The van der Waals surface area contributed by atoms with Gasteiger partial charge < -0.3 is 9.64 Å². The second kappa shape index (κ2) is 8.66. The smallest absolute Gasteiger partial charge is 0.327 e. The largest absolute Gasteiger partial charge is 0.468 e. The van der Waals surface area contributed by atoms with Crippen LogP contribution in [-0.4, -0.2) is 49.1 Å². The van der Waals surface area contributed by atoms with Crippen LogP contribution in [0.2, 0.25) is 0 Å². The zero-order chi connectivity index (χ0) is 16.1. The number of methoxy groups -OCH3 is 1. The summed E-state index contributed by atoms with van der Waals surface area (Å²) in [6.07, 6.45) is 1.81. The van der Waals surface area contributed by atoms with E-state index < -0.39 is 0 Å². The molecule has 0 amide bonds. The molecule has 1 unspecified atom stereocenters. The molecule has 2 heterocycles. The molecule has 24 heavy (non-hydrogen) atoms. The summed E-state index contributed by atoms with van der Waals surface area (Å²) in [7, 11) is 1.45. The standard InChI is InChI=1S/C18H21N3O2.ClH/c1-23-18(22)17(15-7-3-2-4-8-15)21-13-11-20(12-14-21)16-9-5-6-10-19-16;/h2-10,17H,11-14H2,1H3;1H. The summed E-state index contributed by atoms with van der Waals surface area (Å²) in [6, 6.07) is 15.4. The Morgan fingerprint density at radius 2 is 1.71 bits per heavy atom. The number of benzene rings is 1. The highest BCUT2D eigenvalue weighted by Crippen LogP contribution is 2.24. The summed E-state index contributed by atoms with van der Waals surface area (Å²) in [5, 5.41) is 0. The molecule has 3 rings (SSSR count). The molecule has 0 saturated carbocycles. The number of halogens is 1. The monoisotopic (exact) mass is 347 g/mol. The predicted molar refractivity (Wildman–Crippen MR) is 96.5 cm³/mol. The SMILES string of the molecule is COC(=O)C(c1ccccc1)N1CCN(c2ccccn2)CC1.Cl. The number of pyridine rings is 1. The Hall–Kier alpha value is -2.11. The van der Waals surface area contributed by atoms with Gasteiger partial charge in [-0.2, -0.15) is 0 Å². The topological polar surface area (TPSA) is 45.7 Å². The van der Waals surface area contributed by atoms with E-state index in [9.17, 15) is 4.79 Å². The summed E-state index contributed by atoms with van der Waals surface area (Å²) in [5.41, 5.74) is 0.977. The van der Waals surface area contributed by atoms with Crippen LogP contribution in [0.1, 0.15) is 11.6 Å². The second-order valence-electron chi connectivity index (χ2n) is 5.55. The van der Waals surface area contributed by atoms with Gasteiger partial charge in [-0.25, -0.2) is 9.78 Å². The Balaban J connectivity index is 0.00000208. The van der Waals surface area contributed by atoms with Crippen molar-refractivity contribution < 1.29 is 9.53 Å². The van der Waals surface area contributed by atoms with Gasteiger partial charge in [0.15, 0.2) is 0 Å². The summed E-state index contributed by atoms with van der Waals surface area (Å²) in [5.74, 6) is 0.781. The minimum absolute atomic E-state index is 0. The van der Waals surface area contributed by atoms with Crippen LogP contribution in [0.5, 0.6) is 0 Å². The molecule has 2 aromatic rings. The molecular formula is C18H22ClN3O2. The molecule has 128 valence electrons. The van der Waals surface area contributed by atoms with Crippen molar-refractivity contribution in [3.05, 3.63) is 60.3 Å². The van der Waals surface area contributed by atoms with Gasteiger partial charge in [-0.3, -0.25) is 4.90 Å². The summed E-state index contributed by atoms with van der Waals surface area (Å²) in [6.45, 7) is 3.28. The van der Waals surface area contributed by atoms with Crippen molar-refractivity contribution in [2.75, 3.05) is 38.2 Å². The van der Waals surface area contributed by atoms with Gasteiger partial charge in [0.1, 0.15) is 11.9 Å². The molecule has 1 aliphatic heterocycles. The van der Waals surface area contributed by atoms with Gasteiger partial charge in [0.25, 0.3) is 0 Å². The number of piperazine rings is 1. The number of hydrogen-bond acceptors (Lipinski definition) is 5. The molecule has 6 heteroatoms. The molecule has 1 saturated heterocycles. The quantitative estimate of drug-likeness (QED) is 0.795. The minimum atomic E-state index is -0.341. The normalized spacial score (nSPS) is 16.1. The average molecular weight is 348 g/mol. The van der Waals surface area contributed by atoms with E-state index in [2.05, 4.69) is 14.8 Å². The molecular weight excluding hydrogens is 326 g/mol. The van der Waals surface area contributed by atoms with Crippen LogP contribution in [0.4, 0.5) is 5.82 Å². The molecule has 1 aromatic heterocycles. The fraction of sp³-hybridized carbons (Fsp3) is 0.333. The highest BCUT2D eigenvalue weighted by Gasteiger charge is 2.31. The van der Waals surface area contributed by atoms with E-state index in [1.54, 1.807) is 0 Å². The number of carbonyl (C=O) groups is 1. The number of aromatic nitrogens is 1. The number of hydrogen-bond donors (Lipinski definition) is 0. The summed E-state index contributed by atoms with van der Waals surface area (Å²) >= 11 is 0. The number of carbonyl (C=O) groups excluding carboxylic acids is 1. The minimum Gasteiger partial charge on any atom is -0.468 e. The van der Waals surface area contributed by atoms with E-state index in [4.69, 9.17) is 4.74 Å². The summed E-state index contributed by atoms with van der Waals surface area (Å²) < 4.78 is 5.02. The Kier molecular flexibility index (Phi) is 6.58. The number of esters is 1. The van der Waals surface area contributed by atoms with Crippen LogP contribution in [0.25, 0.3) is 0 Å². The number of anilines is 1. The average Bonchev–Trinajstić information content (AvgIpc) is 2.64. The molecule has 0 radical (unpaired) electrons. The van der Waals surface area contributed by atoms with Crippen LogP contribution in [0.15, 0.2) is 54.7 Å². The van der Waals surface area contributed by atoms with Crippen molar-refractivity contribution in [2.24, 2.45) is 0 Å². The first kappa shape index (κ1) is 18.2. The van der Waals surface area contributed by atoms with Gasteiger partial charge in [-0.05, 0) is 17.7 Å². The van der Waals surface area contributed by atoms with Crippen molar-refractivity contribution in [2.45, 2.75) is 6.04 Å². The number of rotatable bonds is 4. The van der Waals surface area contributed by atoms with Crippen molar-refractivity contribution >= 4 is 24.2 Å². The van der Waals surface area contributed by atoms with Gasteiger partial charge in [0.2, 0.25) is 0 Å². The van der Waals surface area contributed by atoms with Gasteiger partial charge in [-0.15, -0.1) is 12.4 Å². The molecule has 0 bridgehead atoms. The van der Waals surface area contributed by atoms with Crippen molar-refractivity contribution in [3.8, 4) is 0 Å². The van der Waals surface area contributed by atoms with E-state index in [-0.39, 0.29) is 24.4 Å². The van der Waals surface area contributed by atoms with Gasteiger partial charge in [0, 0.05) is 32.4 Å². The fourth-order valence-electron chi connectivity index (χ4n) is 2.99. The number of ether oxygens (including phenoxy) is 1. The lowest BCUT2D eigenvalue weighted by atomic mass is 10.0. The van der Waals surface area contributed by atoms with Crippen LogP contribution in [-0.2, 0) is 9.53 Å². The first-order valence-corrected chi connectivity index (χ1v) is 7.82. The van der Waals surface area contributed by atoms with E-state index in [0.717, 1.165) is 37.6 Å². The third-order valence-corrected chi connectivity index (χ3v) is 4.19. The van der Waals surface area contributed by atoms with E-state index in [0.29, 0.717) is 0 Å². The first-order chi connectivity index (χ1) is 11.3. The molecule has 0 aliphatic carbocycles. The summed E-state index contributed by atoms with van der Waals surface area (Å²) in [4.78, 5) is 21.1. The highest BCUT2D eigenvalue weighted by molar-refractivity contribution is 5.85. The Morgan fingerprint density at radius 1 is 1.04 bits per heavy atom. The Labute approximate surface area is 148 Å². The predicted octanol–water partition coefficient (Wildman–Crippen LogP) is 2.54. The Morgan fingerprint density at radius 3 is 2.29 bits per heavy atom. The van der Waals surface area contributed by atoms with E-state index in [1.807, 2.05) is 54.7 Å². The zero-order valence-corrected chi connectivity index (χ0v) is 14.5. The van der Waals surface area contributed by atoms with Crippen molar-refractivity contribution in [1.82, 2.24) is 9.88 Å². The van der Waals surface area contributed by atoms with E-state index in [1.165, 1.54) is 7.11 Å². The lowest BCUT2D eigenvalue weighted by molar-refractivity contribution is -0.147. The van der Waals surface area contributed by atoms with Crippen LogP contribution < -0.4 is 4.90 Å². The maximum Gasteiger partial charge on any atom is 0.327 e. The van der Waals surface area contributed by atoms with Gasteiger partial charge in [-0.1, -0.05) is 36.4 Å². The first-order valence-electron chi connectivity index (χ1n) is 7.82. The van der Waals surface area contributed by atoms with E-state index >= 15 is 0 Å². The lowest BCUT2D eigenvalue weighted by Gasteiger charge is -2.38. The molecule has 0 N–H and O–H groups in total. The maximum atomic E-state index is 12.3. The Bertz CT molecular complexity index is 631. The second-order valence-corrected chi connectivity index (χ2v) is 5.55. The molecule has 0 spiro atoms. The van der Waals surface area contributed by atoms with Crippen LogP contribution in [0, 0.1) is 0 Å². The molecule has 1 fully saturated rings. The zero-order valence-electron chi connectivity index (χ0n) is 13.7. The molecule has 1 aliphatic rings. The lowest BCUT2D eigenvalue weighted by Crippen LogP contribution is -2.49. The third kappa shape index (κ3) is 4.04.